The van der Waals surface area contributed by atoms with Crippen molar-refractivity contribution in [3.05, 3.63) is 0 Å². The molecule has 0 aromatic carbocycles. The highest BCUT2D eigenvalue weighted by atomic mass is 16.5. The van der Waals surface area contributed by atoms with E-state index in [1.165, 1.54) is 0 Å². The normalized spacial score (nSPS) is 34.0. The van der Waals surface area contributed by atoms with Gasteiger partial charge in [0.05, 0.1) is 24.7 Å². The standard InChI is InChI=1S/C12H22N2O3/c1-9-7-14(8-11(6-13)17-9)12(15)5-10-3-2-4-16-10/h9-11H,2-8,13H2,1H3. The molecule has 0 aromatic rings. The maximum Gasteiger partial charge on any atom is 0.225 e. The number of amides is 1. The van der Waals surface area contributed by atoms with Crippen molar-refractivity contribution >= 4 is 5.91 Å². The van der Waals surface area contributed by atoms with Gasteiger partial charge in [-0.3, -0.25) is 4.79 Å². The van der Waals surface area contributed by atoms with Crippen LogP contribution in [0, 0.1) is 0 Å². The quantitative estimate of drug-likeness (QED) is 0.764. The lowest BCUT2D eigenvalue weighted by atomic mass is 10.1. The summed E-state index contributed by atoms with van der Waals surface area (Å²) in [6.07, 6.45) is 2.76. The molecule has 2 saturated heterocycles. The van der Waals surface area contributed by atoms with Crippen molar-refractivity contribution in [2.45, 2.75) is 44.5 Å². The van der Waals surface area contributed by atoms with Gasteiger partial charge in [0.15, 0.2) is 0 Å². The maximum atomic E-state index is 12.1. The number of hydrogen-bond donors (Lipinski definition) is 1. The van der Waals surface area contributed by atoms with Gasteiger partial charge in [-0.1, -0.05) is 0 Å². The summed E-state index contributed by atoms with van der Waals surface area (Å²) in [5, 5.41) is 0. The molecule has 2 rings (SSSR count). The van der Waals surface area contributed by atoms with E-state index in [1.807, 2.05) is 11.8 Å². The fraction of sp³-hybridized carbons (Fsp3) is 0.917. The number of carbonyl (C=O) groups is 1. The minimum atomic E-state index is -0.0211. The van der Waals surface area contributed by atoms with Crippen LogP contribution in [0.5, 0.6) is 0 Å². The highest BCUT2D eigenvalue weighted by Crippen LogP contribution is 2.18. The summed E-state index contributed by atoms with van der Waals surface area (Å²) in [5.41, 5.74) is 5.60. The molecule has 2 N–H and O–H groups in total. The molecule has 2 aliphatic heterocycles. The predicted molar refractivity (Wildman–Crippen MR) is 63.6 cm³/mol. The van der Waals surface area contributed by atoms with Gasteiger partial charge in [-0.15, -0.1) is 0 Å². The van der Waals surface area contributed by atoms with E-state index in [2.05, 4.69) is 0 Å². The van der Waals surface area contributed by atoms with Crippen LogP contribution in [-0.4, -0.2) is 55.4 Å². The van der Waals surface area contributed by atoms with E-state index in [4.69, 9.17) is 15.2 Å². The monoisotopic (exact) mass is 242 g/mol. The molecule has 3 unspecified atom stereocenters. The third kappa shape index (κ3) is 3.40. The summed E-state index contributed by atoms with van der Waals surface area (Å²) in [6, 6.07) is 0. The van der Waals surface area contributed by atoms with Gasteiger partial charge in [0.1, 0.15) is 0 Å². The lowest BCUT2D eigenvalue weighted by molar-refractivity contribution is -0.145. The molecule has 0 aliphatic carbocycles. The molecule has 3 atom stereocenters. The number of hydrogen-bond acceptors (Lipinski definition) is 4. The Morgan fingerprint density at radius 1 is 1.41 bits per heavy atom. The van der Waals surface area contributed by atoms with Gasteiger partial charge in [-0.2, -0.15) is 0 Å². The van der Waals surface area contributed by atoms with Crippen molar-refractivity contribution in [3.63, 3.8) is 0 Å². The predicted octanol–water partition coefficient (Wildman–Crippen LogP) is 0.130. The molecule has 0 bridgehead atoms. The van der Waals surface area contributed by atoms with Crippen molar-refractivity contribution in [1.29, 1.82) is 0 Å². The first-order chi connectivity index (χ1) is 8.19. The summed E-state index contributed by atoms with van der Waals surface area (Å²) in [6.45, 7) is 4.53. The van der Waals surface area contributed by atoms with Crippen LogP contribution < -0.4 is 5.73 Å². The van der Waals surface area contributed by atoms with Crippen LogP contribution in [0.25, 0.3) is 0 Å². The van der Waals surface area contributed by atoms with Crippen LogP contribution >= 0.6 is 0 Å². The van der Waals surface area contributed by atoms with Gasteiger partial charge in [-0.05, 0) is 19.8 Å². The fourth-order valence-electron chi connectivity index (χ4n) is 2.51. The number of carbonyl (C=O) groups excluding carboxylic acids is 1. The zero-order valence-electron chi connectivity index (χ0n) is 10.4. The van der Waals surface area contributed by atoms with Gasteiger partial charge in [0.2, 0.25) is 5.91 Å². The van der Waals surface area contributed by atoms with Crippen molar-refractivity contribution in [2.75, 3.05) is 26.2 Å². The number of rotatable bonds is 3. The molecule has 2 heterocycles. The van der Waals surface area contributed by atoms with Crippen LogP contribution in [0.4, 0.5) is 0 Å². The SMILES string of the molecule is CC1CN(C(=O)CC2CCCO2)CC(CN)O1. The van der Waals surface area contributed by atoms with Crippen molar-refractivity contribution < 1.29 is 14.3 Å². The number of nitrogens with zero attached hydrogens (tertiary/aromatic N) is 1. The number of morpholine rings is 1. The van der Waals surface area contributed by atoms with Gasteiger partial charge in [0, 0.05) is 26.2 Å². The average Bonchev–Trinajstić information content (AvgIpc) is 2.81. The third-order valence-corrected chi connectivity index (χ3v) is 3.37. The molecule has 2 fully saturated rings. The van der Waals surface area contributed by atoms with Crippen molar-refractivity contribution in [3.8, 4) is 0 Å². The molecule has 0 aromatic heterocycles. The first-order valence-corrected chi connectivity index (χ1v) is 6.44. The third-order valence-electron chi connectivity index (χ3n) is 3.37. The van der Waals surface area contributed by atoms with Crippen LogP contribution in [0.3, 0.4) is 0 Å². The second-order valence-electron chi connectivity index (χ2n) is 4.94. The number of ether oxygens (including phenoxy) is 2. The van der Waals surface area contributed by atoms with E-state index >= 15 is 0 Å². The summed E-state index contributed by atoms with van der Waals surface area (Å²) >= 11 is 0. The highest BCUT2D eigenvalue weighted by Gasteiger charge is 2.29. The molecule has 0 saturated carbocycles. The topological polar surface area (TPSA) is 64.8 Å². The van der Waals surface area contributed by atoms with E-state index in [9.17, 15) is 4.79 Å². The Bertz CT molecular complexity index is 266. The van der Waals surface area contributed by atoms with Crippen molar-refractivity contribution in [2.24, 2.45) is 5.73 Å². The molecule has 2 aliphatic rings. The van der Waals surface area contributed by atoms with Crippen LogP contribution in [0.15, 0.2) is 0 Å². The summed E-state index contributed by atoms with van der Waals surface area (Å²) in [7, 11) is 0. The Kier molecular flexibility index (Phi) is 4.36. The zero-order valence-corrected chi connectivity index (χ0v) is 10.4. The first-order valence-electron chi connectivity index (χ1n) is 6.44. The Labute approximate surface area is 102 Å². The molecule has 5 nitrogen and oxygen atoms in total. The summed E-state index contributed by atoms with van der Waals surface area (Å²) in [4.78, 5) is 14.0. The smallest absolute Gasteiger partial charge is 0.225 e. The molecule has 0 radical (unpaired) electrons. The molecule has 1 amide bonds. The summed E-state index contributed by atoms with van der Waals surface area (Å²) < 4.78 is 11.1. The van der Waals surface area contributed by atoms with E-state index in [0.29, 0.717) is 26.1 Å². The lowest BCUT2D eigenvalue weighted by Gasteiger charge is -2.36. The Balaban J connectivity index is 1.84. The average molecular weight is 242 g/mol. The molecule has 98 valence electrons. The fourth-order valence-corrected chi connectivity index (χ4v) is 2.51. The molecular formula is C12H22N2O3. The highest BCUT2D eigenvalue weighted by molar-refractivity contribution is 5.76. The van der Waals surface area contributed by atoms with Gasteiger partial charge < -0.3 is 20.1 Å². The van der Waals surface area contributed by atoms with E-state index in [-0.39, 0.29) is 24.2 Å². The van der Waals surface area contributed by atoms with Crippen LogP contribution in [-0.2, 0) is 14.3 Å². The van der Waals surface area contributed by atoms with Crippen LogP contribution in [0.2, 0.25) is 0 Å². The second-order valence-corrected chi connectivity index (χ2v) is 4.94. The first kappa shape index (κ1) is 12.8. The van der Waals surface area contributed by atoms with E-state index in [0.717, 1.165) is 19.4 Å². The van der Waals surface area contributed by atoms with Gasteiger partial charge >= 0.3 is 0 Å². The summed E-state index contributed by atoms with van der Waals surface area (Å²) in [5.74, 6) is 0.172. The van der Waals surface area contributed by atoms with Crippen LogP contribution in [0.1, 0.15) is 26.2 Å². The maximum absolute atomic E-state index is 12.1. The molecule has 5 heteroatoms. The minimum Gasteiger partial charge on any atom is -0.378 e. The Morgan fingerprint density at radius 3 is 2.88 bits per heavy atom. The Hall–Kier alpha value is -0.650. The van der Waals surface area contributed by atoms with E-state index < -0.39 is 0 Å². The minimum absolute atomic E-state index is 0.0211. The second kappa shape index (κ2) is 5.80. The van der Waals surface area contributed by atoms with Gasteiger partial charge in [0.25, 0.3) is 0 Å². The molecular weight excluding hydrogens is 220 g/mol. The van der Waals surface area contributed by atoms with Gasteiger partial charge in [-0.25, -0.2) is 0 Å². The zero-order chi connectivity index (χ0) is 12.3. The lowest BCUT2D eigenvalue weighted by Crippen LogP contribution is -2.51. The van der Waals surface area contributed by atoms with Crippen molar-refractivity contribution in [1.82, 2.24) is 4.90 Å². The molecule has 0 spiro atoms. The Morgan fingerprint density at radius 2 is 2.24 bits per heavy atom. The largest absolute Gasteiger partial charge is 0.378 e. The van der Waals surface area contributed by atoms with E-state index in [1.54, 1.807) is 0 Å². The number of nitrogens with two attached hydrogens (primary N) is 1. The molecule has 17 heavy (non-hydrogen) atoms.